The van der Waals surface area contributed by atoms with Crippen LogP contribution in [-0.4, -0.2) is 18.4 Å². The van der Waals surface area contributed by atoms with E-state index >= 15 is 0 Å². The van der Waals surface area contributed by atoms with E-state index in [1.54, 1.807) is 18.3 Å². The van der Waals surface area contributed by atoms with Crippen LogP contribution >= 0.6 is 11.9 Å². The van der Waals surface area contributed by atoms with E-state index in [4.69, 9.17) is 0 Å². The zero-order chi connectivity index (χ0) is 8.81. The SMILES string of the molecule is CNSc1cc(NC=O)ccn1. The highest BCUT2D eigenvalue weighted by Crippen LogP contribution is 2.14. The second-order valence-electron chi connectivity index (χ2n) is 1.95. The van der Waals surface area contributed by atoms with Gasteiger partial charge in [0.25, 0.3) is 0 Å². The van der Waals surface area contributed by atoms with E-state index in [0.29, 0.717) is 6.41 Å². The number of pyridine rings is 1. The second-order valence-corrected chi connectivity index (χ2v) is 2.98. The largest absolute Gasteiger partial charge is 0.329 e. The zero-order valence-electron chi connectivity index (χ0n) is 6.57. The molecule has 1 aromatic rings. The molecule has 1 heterocycles. The summed E-state index contributed by atoms with van der Waals surface area (Å²) in [4.78, 5) is 14.1. The molecule has 1 aromatic heterocycles. The van der Waals surface area contributed by atoms with Crippen LogP contribution in [0, 0.1) is 0 Å². The summed E-state index contributed by atoms with van der Waals surface area (Å²) in [5.41, 5.74) is 0.748. The summed E-state index contributed by atoms with van der Waals surface area (Å²) < 4.78 is 2.89. The van der Waals surface area contributed by atoms with Crippen molar-refractivity contribution in [3.05, 3.63) is 18.3 Å². The average molecular weight is 183 g/mol. The van der Waals surface area contributed by atoms with Crippen LogP contribution in [0.2, 0.25) is 0 Å². The number of hydrogen-bond acceptors (Lipinski definition) is 4. The standard InChI is InChI=1S/C7H9N3OS/c1-8-12-7-4-6(10-5-11)2-3-9-7/h2-5,8H,1H3,(H,9,10,11). The van der Waals surface area contributed by atoms with E-state index in [1.807, 2.05) is 7.05 Å². The van der Waals surface area contributed by atoms with Crippen molar-refractivity contribution in [3.8, 4) is 0 Å². The number of carbonyl (C=O) groups excluding carboxylic acids is 1. The maximum atomic E-state index is 10.1. The Morgan fingerprint density at radius 1 is 1.67 bits per heavy atom. The second kappa shape index (κ2) is 4.74. The van der Waals surface area contributed by atoms with Crippen LogP contribution in [0.5, 0.6) is 0 Å². The Morgan fingerprint density at radius 3 is 3.17 bits per heavy atom. The molecule has 0 saturated heterocycles. The van der Waals surface area contributed by atoms with E-state index in [-0.39, 0.29) is 0 Å². The number of rotatable bonds is 4. The lowest BCUT2D eigenvalue weighted by Gasteiger charge is -2.00. The third-order valence-corrected chi connectivity index (χ3v) is 1.80. The van der Waals surface area contributed by atoms with Crippen molar-refractivity contribution >= 4 is 24.0 Å². The van der Waals surface area contributed by atoms with Crippen LogP contribution in [0.15, 0.2) is 23.4 Å². The highest BCUT2D eigenvalue weighted by atomic mass is 32.2. The molecule has 2 N–H and O–H groups in total. The van der Waals surface area contributed by atoms with Crippen LogP contribution in [0.25, 0.3) is 0 Å². The molecular formula is C7H9N3OS. The maximum Gasteiger partial charge on any atom is 0.211 e. The first-order valence-electron chi connectivity index (χ1n) is 3.36. The first-order valence-corrected chi connectivity index (χ1v) is 4.18. The topological polar surface area (TPSA) is 54.0 Å². The average Bonchev–Trinajstić information content (AvgIpc) is 2.06. The van der Waals surface area contributed by atoms with Gasteiger partial charge in [-0.1, -0.05) is 0 Å². The normalized spacial score (nSPS) is 9.42. The van der Waals surface area contributed by atoms with Crippen LogP contribution in [-0.2, 0) is 4.79 Å². The van der Waals surface area contributed by atoms with E-state index in [0.717, 1.165) is 10.7 Å². The minimum absolute atomic E-state index is 0.642. The fraction of sp³-hybridized carbons (Fsp3) is 0.143. The summed E-state index contributed by atoms with van der Waals surface area (Å²) in [5.74, 6) is 0. The van der Waals surface area contributed by atoms with Gasteiger partial charge in [-0.25, -0.2) is 4.98 Å². The van der Waals surface area contributed by atoms with Gasteiger partial charge >= 0.3 is 0 Å². The molecule has 0 bridgehead atoms. The minimum atomic E-state index is 0.642. The number of amides is 1. The lowest BCUT2D eigenvalue weighted by molar-refractivity contribution is -0.105. The Morgan fingerprint density at radius 2 is 2.50 bits per heavy atom. The monoisotopic (exact) mass is 183 g/mol. The molecule has 0 aromatic carbocycles. The maximum absolute atomic E-state index is 10.1. The molecule has 0 aliphatic heterocycles. The first-order chi connectivity index (χ1) is 5.86. The van der Waals surface area contributed by atoms with Gasteiger partial charge in [-0.2, -0.15) is 0 Å². The number of nitrogens with zero attached hydrogens (tertiary/aromatic N) is 1. The summed E-state index contributed by atoms with van der Waals surface area (Å²) in [5, 5.41) is 3.37. The number of anilines is 1. The molecular weight excluding hydrogens is 174 g/mol. The predicted octanol–water partition coefficient (Wildman–Crippen LogP) is 0.876. The van der Waals surface area contributed by atoms with Gasteiger partial charge in [-0.15, -0.1) is 0 Å². The van der Waals surface area contributed by atoms with Crippen LogP contribution in [0.4, 0.5) is 5.69 Å². The molecule has 0 fully saturated rings. The molecule has 0 aliphatic carbocycles. The summed E-state index contributed by atoms with van der Waals surface area (Å²) >= 11 is 1.40. The third kappa shape index (κ3) is 2.52. The van der Waals surface area contributed by atoms with Crippen LogP contribution in [0.1, 0.15) is 0 Å². The van der Waals surface area contributed by atoms with Gasteiger partial charge in [-0.3, -0.25) is 9.52 Å². The molecule has 4 nitrogen and oxygen atoms in total. The van der Waals surface area contributed by atoms with Crippen molar-refractivity contribution in [3.63, 3.8) is 0 Å². The highest BCUT2D eigenvalue weighted by Gasteiger charge is 1.94. The van der Waals surface area contributed by atoms with E-state index in [2.05, 4.69) is 15.0 Å². The number of nitrogens with one attached hydrogen (secondary N) is 2. The Labute approximate surface area is 74.9 Å². The fourth-order valence-electron chi connectivity index (χ4n) is 0.728. The molecule has 5 heteroatoms. The molecule has 0 aliphatic rings. The summed E-state index contributed by atoms with van der Waals surface area (Å²) in [7, 11) is 1.81. The Bertz CT molecular complexity index is 267. The summed E-state index contributed by atoms with van der Waals surface area (Å²) in [6, 6.07) is 3.52. The van der Waals surface area contributed by atoms with Gasteiger partial charge in [0.1, 0.15) is 5.03 Å². The summed E-state index contributed by atoms with van der Waals surface area (Å²) in [6.45, 7) is 0. The Hall–Kier alpha value is -1.07. The first kappa shape index (κ1) is 9.02. The van der Waals surface area contributed by atoms with Crippen molar-refractivity contribution in [1.82, 2.24) is 9.71 Å². The smallest absolute Gasteiger partial charge is 0.211 e. The molecule has 1 amide bonds. The quantitative estimate of drug-likeness (QED) is 0.537. The lowest BCUT2D eigenvalue weighted by Crippen LogP contribution is -1.96. The highest BCUT2D eigenvalue weighted by molar-refractivity contribution is 7.97. The molecule has 0 saturated carbocycles. The molecule has 0 spiro atoms. The Kier molecular flexibility index (Phi) is 3.56. The van der Waals surface area contributed by atoms with E-state index in [1.165, 1.54) is 11.9 Å². The van der Waals surface area contributed by atoms with Crippen molar-refractivity contribution < 1.29 is 4.79 Å². The molecule has 1 rings (SSSR count). The molecule has 0 atom stereocenters. The predicted molar refractivity (Wildman–Crippen MR) is 48.8 cm³/mol. The third-order valence-electron chi connectivity index (χ3n) is 1.17. The number of aromatic nitrogens is 1. The summed E-state index contributed by atoms with van der Waals surface area (Å²) in [6.07, 6.45) is 2.29. The van der Waals surface area contributed by atoms with E-state index < -0.39 is 0 Å². The van der Waals surface area contributed by atoms with Gasteiger partial charge in [0.2, 0.25) is 6.41 Å². The Balaban J connectivity index is 2.73. The van der Waals surface area contributed by atoms with Gasteiger partial charge < -0.3 is 5.32 Å². The van der Waals surface area contributed by atoms with Crippen molar-refractivity contribution in [1.29, 1.82) is 0 Å². The van der Waals surface area contributed by atoms with Crippen LogP contribution in [0.3, 0.4) is 0 Å². The van der Waals surface area contributed by atoms with Crippen molar-refractivity contribution in [2.45, 2.75) is 5.03 Å². The van der Waals surface area contributed by atoms with Gasteiger partial charge in [-0.05, 0) is 31.1 Å². The van der Waals surface area contributed by atoms with Crippen LogP contribution < -0.4 is 10.0 Å². The van der Waals surface area contributed by atoms with Crippen molar-refractivity contribution in [2.24, 2.45) is 0 Å². The van der Waals surface area contributed by atoms with Gasteiger partial charge in [0, 0.05) is 11.9 Å². The molecule has 12 heavy (non-hydrogen) atoms. The molecule has 64 valence electrons. The van der Waals surface area contributed by atoms with Gasteiger partial charge in [0.15, 0.2) is 0 Å². The molecule has 0 unspecified atom stereocenters. The minimum Gasteiger partial charge on any atom is -0.329 e. The lowest BCUT2D eigenvalue weighted by atomic mass is 10.4. The fourth-order valence-corrected chi connectivity index (χ4v) is 1.24. The van der Waals surface area contributed by atoms with Gasteiger partial charge in [0.05, 0.1) is 0 Å². The van der Waals surface area contributed by atoms with E-state index in [9.17, 15) is 4.79 Å². The zero-order valence-corrected chi connectivity index (χ0v) is 7.39. The van der Waals surface area contributed by atoms with Crippen molar-refractivity contribution in [2.75, 3.05) is 12.4 Å². The molecule has 0 radical (unpaired) electrons. The number of hydrogen-bond donors (Lipinski definition) is 2. The number of carbonyl (C=O) groups is 1.